The Morgan fingerprint density at radius 2 is 0.467 bits per heavy atom. The lowest BCUT2D eigenvalue weighted by Crippen LogP contribution is -2.19. The van der Waals surface area contributed by atoms with E-state index in [9.17, 15) is 0 Å². The largest absolute Gasteiger partial charge is 0.330 e. The molecule has 0 aliphatic carbocycles. The standard InChI is InChI=1S/C24H56N6/c25-15-13-23-29-21-11-5-3-9-19-27-17-7-1-2-8-18-28-20-10-4-6-12-22-30-24-14-16-26/h27-30H,1-26H2. The third kappa shape index (κ3) is 27.8. The summed E-state index contributed by atoms with van der Waals surface area (Å²) in [6.07, 6.45) is 18.2. The SMILES string of the molecule is NCCCNCCCCCCNCCCCCCNCCCCCCNCCCN. The van der Waals surface area contributed by atoms with Gasteiger partial charge in [-0.1, -0.05) is 38.5 Å². The lowest BCUT2D eigenvalue weighted by molar-refractivity contribution is 0.529. The summed E-state index contributed by atoms with van der Waals surface area (Å²) in [6, 6.07) is 0. The van der Waals surface area contributed by atoms with Crippen molar-refractivity contribution in [1.29, 1.82) is 0 Å². The van der Waals surface area contributed by atoms with Gasteiger partial charge in [-0.05, 0) is 117 Å². The summed E-state index contributed by atoms with van der Waals surface area (Å²) in [6.45, 7) is 10.8. The molecule has 0 amide bonds. The van der Waals surface area contributed by atoms with Crippen LogP contribution in [0.3, 0.4) is 0 Å². The van der Waals surface area contributed by atoms with E-state index in [1.54, 1.807) is 0 Å². The van der Waals surface area contributed by atoms with E-state index in [4.69, 9.17) is 11.5 Å². The van der Waals surface area contributed by atoms with Crippen LogP contribution >= 0.6 is 0 Å². The average Bonchev–Trinajstić information content (AvgIpc) is 2.76. The number of rotatable bonds is 27. The molecule has 182 valence electrons. The Morgan fingerprint density at radius 1 is 0.267 bits per heavy atom. The van der Waals surface area contributed by atoms with E-state index in [-0.39, 0.29) is 0 Å². The number of hydrogen-bond donors (Lipinski definition) is 6. The highest BCUT2D eigenvalue weighted by Gasteiger charge is 1.94. The number of unbranched alkanes of at least 4 members (excludes halogenated alkanes) is 9. The number of nitrogens with one attached hydrogen (secondary N) is 4. The van der Waals surface area contributed by atoms with Crippen LogP contribution in [0.25, 0.3) is 0 Å². The van der Waals surface area contributed by atoms with Crippen molar-refractivity contribution in [2.24, 2.45) is 11.5 Å². The zero-order chi connectivity index (χ0) is 21.8. The molecule has 0 aliphatic heterocycles. The Bertz CT molecular complexity index is 263. The van der Waals surface area contributed by atoms with Crippen LogP contribution in [0.4, 0.5) is 0 Å². The molecule has 0 aromatic rings. The molecule has 0 atom stereocenters. The molecule has 0 aromatic heterocycles. The van der Waals surface area contributed by atoms with Crippen LogP contribution in [0, 0.1) is 0 Å². The summed E-state index contributed by atoms with van der Waals surface area (Å²) < 4.78 is 0. The van der Waals surface area contributed by atoms with E-state index in [0.717, 1.165) is 52.1 Å². The molecule has 8 N–H and O–H groups in total. The summed E-state index contributed by atoms with van der Waals surface area (Å²) in [5.41, 5.74) is 11.0. The molecule has 0 spiro atoms. The second kappa shape index (κ2) is 28.8. The van der Waals surface area contributed by atoms with Gasteiger partial charge in [-0.3, -0.25) is 0 Å². The second-order valence-electron chi connectivity index (χ2n) is 8.53. The fourth-order valence-electron chi connectivity index (χ4n) is 3.51. The van der Waals surface area contributed by atoms with Gasteiger partial charge in [0.2, 0.25) is 0 Å². The Hall–Kier alpha value is -0.240. The molecule has 0 fully saturated rings. The van der Waals surface area contributed by atoms with Gasteiger partial charge in [-0.25, -0.2) is 0 Å². The third-order valence-corrected chi connectivity index (χ3v) is 5.49. The van der Waals surface area contributed by atoms with Crippen molar-refractivity contribution in [1.82, 2.24) is 21.3 Å². The van der Waals surface area contributed by atoms with Crippen LogP contribution in [-0.2, 0) is 0 Å². The van der Waals surface area contributed by atoms with Gasteiger partial charge in [0.15, 0.2) is 0 Å². The molecule has 6 nitrogen and oxygen atoms in total. The maximum absolute atomic E-state index is 5.48. The van der Waals surface area contributed by atoms with Gasteiger partial charge in [-0.2, -0.15) is 0 Å². The van der Waals surface area contributed by atoms with Crippen molar-refractivity contribution in [3.05, 3.63) is 0 Å². The number of nitrogens with two attached hydrogens (primary N) is 2. The quantitative estimate of drug-likeness (QED) is 0.113. The zero-order valence-corrected chi connectivity index (χ0v) is 20.1. The minimum Gasteiger partial charge on any atom is -0.330 e. The lowest BCUT2D eigenvalue weighted by atomic mass is 10.1. The Morgan fingerprint density at radius 3 is 0.667 bits per heavy atom. The Kier molecular flexibility index (Phi) is 28.5. The highest BCUT2D eigenvalue weighted by Crippen LogP contribution is 2.01. The lowest BCUT2D eigenvalue weighted by Gasteiger charge is -2.07. The topological polar surface area (TPSA) is 100 Å². The zero-order valence-electron chi connectivity index (χ0n) is 20.1. The van der Waals surface area contributed by atoms with Gasteiger partial charge in [0.25, 0.3) is 0 Å². The van der Waals surface area contributed by atoms with Crippen LogP contribution in [0.5, 0.6) is 0 Å². The summed E-state index contributed by atoms with van der Waals surface area (Å²) in [4.78, 5) is 0. The monoisotopic (exact) mass is 428 g/mol. The molecule has 6 heteroatoms. The fraction of sp³-hybridized carbons (Fsp3) is 1.00. The van der Waals surface area contributed by atoms with E-state index < -0.39 is 0 Å². The van der Waals surface area contributed by atoms with E-state index in [2.05, 4.69) is 21.3 Å². The normalized spacial score (nSPS) is 11.4. The molecule has 0 heterocycles. The van der Waals surface area contributed by atoms with Gasteiger partial charge in [0, 0.05) is 0 Å². The molecule has 0 aromatic carbocycles. The molecule has 0 radical (unpaired) electrons. The molecule has 0 aliphatic rings. The van der Waals surface area contributed by atoms with E-state index >= 15 is 0 Å². The predicted octanol–water partition coefficient (Wildman–Crippen LogP) is 2.72. The summed E-state index contributed by atoms with van der Waals surface area (Å²) >= 11 is 0. The maximum Gasteiger partial charge on any atom is -0.00369 e. The first-order valence-corrected chi connectivity index (χ1v) is 13.1. The molecular weight excluding hydrogens is 372 g/mol. The smallest absolute Gasteiger partial charge is 0.00369 e. The summed E-state index contributed by atoms with van der Waals surface area (Å²) in [5.74, 6) is 0. The van der Waals surface area contributed by atoms with Crippen LogP contribution in [0.2, 0.25) is 0 Å². The summed E-state index contributed by atoms with van der Waals surface area (Å²) in [7, 11) is 0. The molecule has 30 heavy (non-hydrogen) atoms. The van der Waals surface area contributed by atoms with Crippen molar-refractivity contribution >= 4 is 0 Å². The highest BCUT2D eigenvalue weighted by atomic mass is 14.9. The van der Waals surface area contributed by atoms with Crippen LogP contribution in [-0.4, -0.2) is 65.4 Å². The Balaban J connectivity index is 2.97. The van der Waals surface area contributed by atoms with Gasteiger partial charge in [0.05, 0.1) is 0 Å². The molecular formula is C24H56N6. The molecule has 0 bridgehead atoms. The van der Waals surface area contributed by atoms with Crippen molar-refractivity contribution in [2.75, 3.05) is 65.4 Å². The molecule has 0 saturated heterocycles. The maximum atomic E-state index is 5.48. The minimum absolute atomic E-state index is 0.797. The predicted molar refractivity (Wildman–Crippen MR) is 134 cm³/mol. The molecule has 0 rings (SSSR count). The van der Waals surface area contributed by atoms with Gasteiger partial charge < -0.3 is 32.7 Å². The summed E-state index contributed by atoms with van der Waals surface area (Å²) in [5, 5.41) is 14.1. The van der Waals surface area contributed by atoms with Crippen molar-refractivity contribution in [3.63, 3.8) is 0 Å². The van der Waals surface area contributed by atoms with Crippen molar-refractivity contribution in [2.45, 2.75) is 89.9 Å². The van der Waals surface area contributed by atoms with Gasteiger partial charge in [-0.15, -0.1) is 0 Å². The van der Waals surface area contributed by atoms with E-state index in [0.29, 0.717) is 0 Å². The van der Waals surface area contributed by atoms with Crippen LogP contribution in [0.1, 0.15) is 89.9 Å². The fourth-order valence-corrected chi connectivity index (χ4v) is 3.51. The first-order chi connectivity index (χ1) is 14.9. The van der Waals surface area contributed by atoms with Crippen LogP contribution < -0.4 is 32.7 Å². The first kappa shape index (κ1) is 29.8. The minimum atomic E-state index is 0.797. The van der Waals surface area contributed by atoms with Crippen LogP contribution in [0.15, 0.2) is 0 Å². The second-order valence-corrected chi connectivity index (χ2v) is 8.53. The van der Waals surface area contributed by atoms with E-state index in [1.807, 2.05) is 0 Å². The number of hydrogen-bond acceptors (Lipinski definition) is 6. The molecule has 0 saturated carbocycles. The Labute approximate surface area is 188 Å². The highest BCUT2D eigenvalue weighted by molar-refractivity contribution is 4.55. The first-order valence-electron chi connectivity index (χ1n) is 13.1. The van der Waals surface area contributed by atoms with E-state index in [1.165, 1.54) is 103 Å². The third-order valence-electron chi connectivity index (χ3n) is 5.49. The van der Waals surface area contributed by atoms with Crippen molar-refractivity contribution in [3.8, 4) is 0 Å². The van der Waals surface area contributed by atoms with Gasteiger partial charge in [0.1, 0.15) is 0 Å². The molecule has 0 unspecified atom stereocenters. The van der Waals surface area contributed by atoms with Crippen molar-refractivity contribution < 1.29 is 0 Å². The van der Waals surface area contributed by atoms with Gasteiger partial charge >= 0.3 is 0 Å². The average molecular weight is 429 g/mol.